The predicted octanol–water partition coefficient (Wildman–Crippen LogP) is 4.96. The topological polar surface area (TPSA) is 85.4 Å². The van der Waals surface area contributed by atoms with Crippen LogP contribution in [0.15, 0.2) is 36.5 Å². The molecule has 0 bridgehead atoms. The van der Waals surface area contributed by atoms with E-state index >= 15 is 0 Å². The Labute approximate surface area is 174 Å². The van der Waals surface area contributed by atoms with E-state index in [1.807, 2.05) is 19.9 Å². The van der Waals surface area contributed by atoms with E-state index in [-0.39, 0.29) is 11.7 Å². The van der Waals surface area contributed by atoms with Gasteiger partial charge in [0.25, 0.3) is 0 Å². The lowest BCUT2D eigenvalue weighted by molar-refractivity contribution is -0.131. The van der Waals surface area contributed by atoms with Crippen molar-refractivity contribution < 1.29 is 18.7 Å². The number of esters is 1. The molecule has 0 saturated carbocycles. The number of benzene rings is 2. The molecule has 2 N–H and O–H groups in total. The Kier molecular flexibility index (Phi) is 6.15. The summed E-state index contributed by atoms with van der Waals surface area (Å²) >= 11 is 0. The van der Waals surface area contributed by atoms with Crippen molar-refractivity contribution in [2.75, 3.05) is 17.7 Å². The number of hydrogen-bond donors (Lipinski definition) is 2. The highest BCUT2D eigenvalue weighted by Crippen LogP contribution is 2.28. The van der Waals surface area contributed by atoms with Gasteiger partial charge >= 0.3 is 5.97 Å². The molecule has 0 radical (unpaired) electrons. The number of nitrogens with zero attached hydrogens (tertiary/aromatic N) is 2. The first-order chi connectivity index (χ1) is 14.3. The normalized spacial score (nSPS) is 10.5. The minimum absolute atomic E-state index is 0.145. The minimum atomic E-state index is -0.400. The van der Waals surface area contributed by atoms with E-state index in [0.29, 0.717) is 28.8 Å². The molecule has 156 valence electrons. The van der Waals surface area contributed by atoms with Crippen molar-refractivity contribution in [1.82, 2.24) is 9.97 Å². The molecule has 0 saturated heterocycles. The van der Waals surface area contributed by atoms with E-state index in [1.165, 1.54) is 14.0 Å². The molecular weight excluding hydrogens is 387 g/mol. The van der Waals surface area contributed by atoms with Crippen LogP contribution < -0.4 is 20.1 Å². The van der Waals surface area contributed by atoms with Gasteiger partial charge in [-0.1, -0.05) is 0 Å². The summed E-state index contributed by atoms with van der Waals surface area (Å²) in [6, 6.07) is 8.60. The zero-order valence-electron chi connectivity index (χ0n) is 17.5. The SMILES string of the molecule is COc1cc(Nc2ncc(C)c(Nc3ccc(OC(C)=O)c(C)c3)n2)cc(C)c1F. The van der Waals surface area contributed by atoms with E-state index < -0.39 is 5.82 Å². The molecule has 3 rings (SSSR count). The zero-order chi connectivity index (χ0) is 21.8. The maximum Gasteiger partial charge on any atom is 0.308 e. The maximum atomic E-state index is 14.0. The first-order valence-electron chi connectivity index (χ1n) is 9.27. The fourth-order valence-electron chi connectivity index (χ4n) is 2.85. The number of methoxy groups -OCH3 is 1. The van der Waals surface area contributed by atoms with Gasteiger partial charge in [0.15, 0.2) is 11.6 Å². The summed E-state index contributed by atoms with van der Waals surface area (Å²) in [5.74, 6) is 0.848. The summed E-state index contributed by atoms with van der Waals surface area (Å²) < 4.78 is 24.2. The summed E-state index contributed by atoms with van der Waals surface area (Å²) in [6.45, 7) is 6.77. The molecule has 30 heavy (non-hydrogen) atoms. The van der Waals surface area contributed by atoms with E-state index in [9.17, 15) is 9.18 Å². The monoisotopic (exact) mass is 410 g/mol. The van der Waals surface area contributed by atoms with Gasteiger partial charge in [-0.2, -0.15) is 4.98 Å². The molecule has 0 aliphatic carbocycles. The predicted molar refractivity (Wildman–Crippen MR) is 114 cm³/mol. The van der Waals surface area contributed by atoms with Crippen LogP contribution in [0.25, 0.3) is 0 Å². The lowest BCUT2D eigenvalue weighted by atomic mass is 10.2. The second-order valence-corrected chi connectivity index (χ2v) is 6.86. The van der Waals surface area contributed by atoms with Gasteiger partial charge < -0.3 is 20.1 Å². The summed E-state index contributed by atoms with van der Waals surface area (Å²) in [7, 11) is 1.42. The van der Waals surface area contributed by atoms with Crippen LogP contribution in [-0.4, -0.2) is 23.0 Å². The first-order valence-corrected chi connectivity index (χ1v) is 9.27. The Morgan fingerprint density at radius 1 is 0.967 bits per heavy atom. The van der Waals surface area contributed by atoms with Gasteiger partial charge in [0, 0.05) is 36.1 Å². The molecular formula is C22H23FN4O3. The highest BCUT2D eigenvalue weighted by atomic mass is 19.1. The third-order valence-corrected chi connectivity index (χ3v) is 4.36. The van der Waals surface area contributed by atoms with Crippen molar-refractivity contribution in [3.05, 3.63) is 59.0 Å². The quantitative estimate of drug-likeness (QED) is 0.439. The number of halogens is 1. The molecule has 0 atom stereocenters. The fraction of sp³-hybridized carbons (Fsp3) is 0.227. The number of nitrogens with one attached hydrogen (secondary N) is 2. The Morgan fingerprint density at radius 2 is 1.70 bits per heavy atom. The number of rotatable bonds is 6. The minimum Gasteiger partial charge on any atom is -0.494 e. The smallest absolute Gasteiger partial charge is 0.308 e. The van der Waals surface area contributed by atoms with Gasteiger partial charge in [-0.15, -0.1) is 0 Å². The van der Waals surface area contributed by atoms with E-state index in [1.54, 1.807) is 37.4 Å². The molecule has 2 aromatic carbocycles. The fourth-order valence-corrected chi connectivity index (χ4v) is 2.85. The Balaban J connectivity index is 1.83. The molecule has 1 aromatic heterocycles. The molecule has 3 aromatic rings. The molecule has 7 nitrogen and oxygen atoms in total. The molecule has 0 amide bonds. The van der Waals surface area contributed by atoms with Gasteiger partial charge in [-0.25, -0.2) is 9.37 Å². The lowest BCUT2D eigenvalue weighted by Crippen LogP contribution is -2.05. The van der Waals surface area contributed by atoms with Crippen LogP contribution in [0.2, 0.25) is 0 Å². The van der Waals surface area contributed by atoms with Crippen LogP contribution in [0, 0.1) is 26.6 Å². The molecule has 0 unspecified atom stereocenters. The standard InChI is InChI=1S/C22H23FN4O3/c1-12-8-16(6-7-18(12)30-15(4)28)25-21-14(3)11-24-22(27-21)26-17-9-13(2)20(23)19(10-17)29-5/h6-11H,1-5H3,(H2,24,25,26,27). The van der Waals surface area contributed by atoms with Crippen LogP contribution in [0.1, 0.15) is 23.6 Å². The van der Waals surface area contributed by atoms with Crippen LogP contribution in [0.3, 0.4) is 0 Å². The van der Waals surface area contributed by atoms with Crippen molar-refractivity contribution in [3.63, 3.8) is 0 Å². The molecule has 0 fully saturated rings. The largest absolute Gasteiger partial charge is 0.494 e. The van der Waals surface area contributed by atoms with E-state index in [0.717, 1.165) is 16.8 Å². The average molecular weight is 410 g/mol. The van der Waals surface area contributed by atoms with Crippen molar-refractivity contribution in [1.29, 1.82) is 0 Å². The lowest BCUT2D eigenvalue weighted by Gasteiger charge is -2.13. The summed E-state index contributed by atoms with van der Waals surface area (Å²) in [5.41, 5.74) is 3.51. The molecule has 0 aliphatic heterocycles. The molecule has 8 heteroatoms. The van der Waals surface area contributed by atoms with Gasteiger partial charge in [0.05, 0.1) is 7.11 Å². The third kappa shape index (κ3) is 4.83. The Morgan fingerprint density at radius 3 is 2.37 bits per heavy atom. The highest BCUT2D eigenvalue weighted by Gasteiger charge is 2.11. The van der Waals surface area contributed by atoms with Crippen LogP contribution in [0.4, 0.5) is 27.5 Å². The number of carbonyl (C=O) groups excluding carboxylic acids is 1. The highest BCUT2D eigenvalue weighted by molar-refractivity contribution is 5.71. The molecule has 1 heterocycles. The summed E-state index contributed by atoms with van der Waals surface area (Å²) in [6.07, 6.45) is 1.69. The van der Waals surface area contributed by atoms with Crippen molar-refractivity contribution in [2.45, 2.75) is 27.7 Å². The van der Waals surface area contributed by atoms with Gasteiger partial charge in [0.2, 0.25) is 5.95 Å². The number of carbonyl (C=O) groups is 1. The van der Waals surface area contributed by atoms with E-state index in [2.05, 4.69) is 20.6 Å². The van der Waals surface area contributed by atoms with Crippen LogP contribution in [0.5, 0.6) is 11.5 Å². The second-order valence-electron chi connectivity index (χ2n) is 6.86. The number of aromatic nitrogens is 2. The van der Waals surface area contributed by atoms with Crippen LogP contribution >= 0.6 is 0 Å². The first kappa shape index (κ1) is 21.0. The maximum absolute atomic E-state index is 14.0. The average Bonchev–Trinajstić information content (AvgIpc) is 2.69. The van der Waals surface area contributed by atoms with E-state index in [4.69, 9.17) is 9.47 Å². The third-order valence-electron chi connectivity index (χ3n) is 4.36. The number of anilines is 4. The van der Waals surface area contributed by atoms with Gasteiger partial charge in [-0.3, -0.25) is 4.79 Å². The Bertz CT molecular complexity index is 1100. The van der Waals surface area contributed by atoms with Gasteiger partial charge in [-0.05, 0) is 56.2 Å². The van der Waals surface area contributed by atoms with Crippen molar-refractivity contribution >= 4 is 29.1 Å². The van der Waals surface area contributed by atoms with Crippen LogP contribution in [-0.2, 0) is 4.79 Å². The molecule has 0 spiro atoms. The second kappa shape index (κ2) is 8.77. The van der Waals surface area contributed by atoms with Crippen molar-refractivity contribution in [3.8, 4) is 11.5 Å². The zero-order valence-corrected chi connectivity index (χ0v) is 17.5. The summed E-state index contributed by atoms with van der Waals surface area (Å²) in [5, 5.41) is 6.32. The number of ether oxygens (including phenoxy) is 2. The van der Waals surface area contributed by atoms with Gasteiger partial charge in [0.1, 0.15) is 11.6 Å². The van der Waals surface area contributed by atoms with Crippen molar-refractivity contribution in [2.24, 2.45) is 0 Å². The summed E-state index contributed by atoms with van der Waals surface area (Å²) in [4.78, 5) is 20.0. The Hall–Kier alpha value is -3.68. The number of aryl methyl sites for hydroxylation is 3. The molecule has 0 aliphatic rings. The number of hydrogen-bond acceptors (Lipinski definition) is 7.